The quantitative estimate of drug-likeness (QED) is 0.702. The van der Waals surface area contributed by atoms with Gasteiger partial charge < -0.3 is 10.1 Å². The van der Waals surface area contributed by atoms with Gasteiger partial charge >= 0.3 is 5.97 Å². The molecule has 9 nitrogen and oxygen atoms in total. The van der Waals surface area contributed by atoms with Crippen molar-refractivity contribution in [3.05, 3.63) is 41.6 Å². The zero-order valence-corrected chi connectivity index (χ0v) is 15.1. The lowest BCUT2D eigenvalue weighted by atomic mass is 10.2. The molecule has 0 saturated carbocycles. The molecule has 0 saturated heterocycles. The van der Waals surface area contributed by atoms with E-state index in [1.165, 1.54) is 10.9 Å². The van der Waals surface area contributed by atoms with Crippen molar-refractivity contribution in [1.29, 1.82) is 0 Å². The molecular formula is C17H20N6O3. The van der Waals surface area contributed by atoms with Crippen LogP contribution in [-0.4, -0.2) is 42.9 Å². The van der Waals surface area contributed by atoms with E-state index in [1.807, 2.05) is 13.8 Å². The second-order valence-corrected chi connectivity index (χ2v) is 6.05. The number of esters is 1. The molecule has 136 valence electrons. The highest BCUT2D eigenvalue weighted by Crippen LogP contribution is 2.17. The van der Waals surface area contributed by atoms with E-state index in [0.717, 1.165) is 5.82 Å². The molecule has 0 aromatic carbocycles. The van der Waals surface area contributed by atoms with Crippen LogP contribution in [0.1, 0.15) is 53.4 Å². The van der Waals surface area contributed by atoms with Crippen molar-refractivity contribution < 1.29 is 14.3 Å². The number of aromatic nitrogens is 5. The summed E-state index contributed by atoms with van der Waals surface area (Å²) in [6, 6.07) is 3.43. The minimum Gasteiger partial charge on any atom is -0.462 e. The second-order valence-electron chi connectivity index (χ2n) is 6.05. The lowest BCUT2D eigenvalue weighted by molar-refractivity contribution is 0.0523. The molecule has 0 bridgehead atoms. The van der Waals surface area contributed by atoms with Gasteiger partial charge in [-0.3, -0.25) is 9.48 Å². The fourth-order valence-corrected chi connectivity index (χ4v) is 2.48. The minimum absolute atomic E-state index is 0.123. The van der Waals surface area contributed by atoms with Crippen molar-refractivity contribution in [3.63, 3.8) is 0 Å². The van der Waals surface area contributed by atoms with E-state index >= 15 is 0 Å². The normalized spacial score (nSPS) is 11.1. The number of hydrogen-bond acceptors (Lipinski definition) is 6. The first kappa shape index (κ1) is 17.6. The summed E-state index contributed by atoms with van der Waals surface area (Å²) in [6.45, 7) is 5.94. The zero-order chi connectivity index (χ0) is 18.8. The molecule has 0 fully saturated rings. The summed E-state index contributed by atoms with van der Waals surface area (Å²) < 4.78 is 7.96. The van der Waals surface area contributed by atoms with Gasteiger partial charge in [0.05, 0.1) is 12.8 Å². The van der Waals surface area contributed by atoms with E-state index in [-0.39, 0.29) is 23.8 Å². The van der Waals surface area contributed by atoms with Crippen molar-refractivity contribution in [2.24, 2.45) is 7.05 Å². The van der Waals surface area contributed by atoms with Crippen molar-refractivity contribution in [2.45, 2.75) is 26.7 Å². The Labute approximate surface area is 150 Å². The molecule has 0 aliphatic carbocycles. The number of nitrogens with zero attached hydrogens (tertiary/aromatic N) is 5. The number of rotatable bonds is 5. The molecule has 0 unspecified atom stereocenters. The Kier molecular flexibility index (Phi) is 4.70. The van der Waals surface area contributed by atoms with Crippen LogP contribution in [0.4, 0.5) is 5.69 Å². The lowest BCUT2D eigenvalue weighted by Crippen LogP contribution is -2.20. The number of carbonyl (C=O) groups is 2. The molecule has 1 N–H and O–H groups in total. The Morgan fingerprint density at radius 3 is 2.81 bits per heavy atom. The first-order valence-electron chi connectivity index (χ1n) is 8.27. The van der Waals surface area contributed by atoms with E-state index < -0.39 is 11.9 Å². The maximum Gasteiger partial charge on any atom is 0.342 e. The summed E-state index contributed by atoms with van der Waals surface area (Å²) in [5.41, 5.74) is 1.42. The van der Waals surface area contributed by atoms with Crippen molar-refractivity contribution in [2.75, 3.05) is 11.9 Å². The smallest absolute Gasteiger partial charge is 0.342 e. The second kappa shape index (κ2) is 6.95. The maximum absolute atomic E-state index is 12.7. The third-order valence-electron chi connectivity index (χ3n) is 3.78. The topological polar surface area (TPSA) is 103 Å². The van der Waals surface area contributed by atoms with Gasteiger partial charge in [0.2, 0.25) is 0 Å². The van der Waals surface area contributed by atoms with Crippen molar-refractivity contribution >= 4 is 23.2 Å². The van der Waals surface area contributed by atoms with Crippen LogP contribution in [0.15, 0.2) is 24.5 Å². The zero-order valence-electron chi connectivity index (χ0n) is 15.1. The van der Waals surface area contributed by atoms with Gasteiger partial charge in [0, 0.05) is 30.9 Å². The minimum atomic E-state index is -0.583. The number of ether oxygens (including phenoxy) is 1. The number of pyridine rings is 1. The van der Waals surface area contributed by atoms with Crippen molar-refractivity contribution in [1.82, 2.24) is 24.4 Å². The average Bonchev–Trinajstić information content (AvgIpc) is 3.18. The summed E-state index contributed by atoms with van der Waals surface area (Å²) in [7, 11) is 1.59. The third kappa shape index (κ3) is 3.28. The van der Waals surface area contributed by atoms with Gasteiger partial charge in [-0.25, -0.2) is 14.3 Å². The molecule has 3 heterocycles. The van der Waals surface area contributed by atoms with E-state index in [0.29, 0.717) is 11.3 Å². The predicted molar refractivity (Wildman–Crippen MR) is 94.2 cm³/mol. The van der Waals surface area contributed by atoms with Crippen LogP contribution >= 0.6 is 0 Å². The number of anilines is 1. The highest BCUT2D eigenvalue weighted by atomic mass is 16.5. The number of aryl methyl sites for hydroxylation is 1. The molecule has 3 aromatic heterocycles. The van der Waals surface area contributed by atoms with Crippen LogP contribution in [0.3, 0.4) is 0 Å². The molecule has 3 aromatic rings. The van der Waals surface area contributed by atoms with Crippen LogP contribution in [-0.2, 0) is 11.8 Å². The van der Waals surface area contributed by atoms with Gasteiger partial charge in [0.1, 0.15) is 11.3 Å². The number of hydrogen-bond donors (Lipinski definition) is 1. The standard InChI is InChI=1S/C17H20N6O3/c1-5-26-17(25)12-9-18-22(4)14(12)16(24)19-11-6-7-23-13(8-11)20-15(21-23)10(2)3/h6-10H,5H2,1-4H3,(H,19,24). The van der Waals surface area contributed by atoms with E-state index in [9.17, 15) is 9.59 Å². The summed E-state index contributed by atoms with van der Waals surface area (Å²) in [4.78, 5) is 29.1. The van der Waals surface area contributed by atoms with Gasteiger partial charge in [0.25, 0.3) is 5.91 Å². The molecule has 0 aliphatic heterocycles. The van der Waals surface area contributed by atoms with E-state index in [2.05, 4.69) is 20.5 Å². The van der Waals surface area contributed by atoms with Gasteiger partial charge in [-0.15, -0.1) is 0 Å². The van der Waals surface area contributed by atoms with E-state index in [4.69, 9.17) is 4.74 Å². The van der Waals surface area contributed by atoms with Gasteiger partial charge in [0.15, 0.2) is 11.5 Å². The summed E-state index contributed by atoms with van der Waals surface area (Å²) in [5.74, 6) is -0.111. The molecule has 0 radical (unpaired) electrons. The lowest BCUT2D eigenvalue weighted by Gasteiger charge is -2.07. The van der Waals surface area contributed by atoms with Crippen LogP contribution in [0, 0.1) is 0 Å². The van der Waals surface area contributed by atoms with Crippen LogP contribution in [0.5, 0.6) is 0 Å². The largest absolute Gasteiger partial charge is 0.462 e. The summed E-state index contributed by atoms with van der Waals surface area (Å²) in [5, 5.41) is 11.1. The molecule has 0 aliphatic rings. The highest BCUT2D eigenvalue weighted by Gasteiger charge is 2.23. The van der Waals surface area contributed by atoms with Gasteiger partial charge in [-0.2, -0.15) is 10.2 Å². The first-order chi connectivity index (χ1) is 12.4. The summed E-state index contributed by atoms with van der Waals surface area (Å²) >= 11 is 0. The number of nitrogens with one attached hydrogen (secondary N) is 1. The monoisotopic (exact) mass is 356 g/mol. The molecule has 9 heteroatoms. The first-order valence-corrected chi connectivity index (χ1v) is 8.27. The average molecular weight is 356 g/mol. The van der Waals surface area contributed by atoms with Crippen LogP contribution < -0.4 is 5.32 Å². The Morgan fingerprint density at radius 1 is 1.35 bits per heavy atom. The van der Waals surface area contributed by atoms with Gasteiger partial charge in [-0.1, -0.05) is 13.8 Å². The summed E-state index contributed by atoms with van der Waals surface area (Å²) in [6.07, 6.45) is 3.04. The molecule has 0 spiro atoms. The molecule has 3 rings (SSSR count). The number of amides is 1. The van der Waals surface area contributed by atoms with Crippen LogP contribution in [0.2, 0.25) is 0 Å². The van der Waals surface area contributed by atoms with E-state index in [1.54, 1.807) is 36.8 Å². The molecule has 1 amide bonds. The number of carbonyl (C=O) groups excluding carboxylic acids is 2. The Bertz CT molecular complexity index is 972. The molecule has 26 heavy (non-hydrogen) atoms. The fourth-order valence-electron chi connectivity index (χ4n) is 2.48. The Morgan fingerprint density at radius 2 is 2.12 bits per heavy atom. The number of fused-ring (bicyclic) bond motifs is 1. The fraction of sp³-hybridized carbons (Fsp3) is 0.353. The van der Waals surface area contributed by atoms with Gasteiger partial charge in [-0.05, 0) is 13.0 Å². The maximum atomic E-state index is 12.7. The SMILES string of the molecule is CCOC(=O)c1cnn(C)c1C(=O)Nc1ccn2nc(C(C)C)nc2c1. The predicted octanol–water partition coefficient (Wildman–Crippen LogP) is 2.02. The Balaban J connectivity index is 1.87. The third-order valence-corrected chi connectivity index (χ3v) is 3.78. The molecule has 0 atom stereocenters. The Hall–Kier alpha value is -3.23. The molecular weight excluding hydrogens is 336 g/mol. The van der Waals surface area contributed by atoms with Crippen LogP contribution in [0.25, 0.3) is 5.65 Å². The highest BCUT2D eigenvalue weighted by molar-refractivity contribution is 6.09. The van der Waals surface area contributed by atoms with Crippen molar-refractivity contribution in [3.8, 4) is 0 Å².